The monoisotopic (exact) mass is 373 g/mol. The summed E-state index contributed by atoms with van der Waals surface area (Å²) in [5, 5.41) is 0. The quantitative estimate of drug-likeness (QED) is 0.779. The first kappa shape index (κ1) is 19.1. The van der Waals surface area contributed by atoms with E-state index in [-0.39, 0.29) is 18.3 Å². The fourth-order valence-corrected chi connectivity index (χ4v) is 3.08. The van der Waals surface area contributed by atoms with E-state index in [0.717, 1.165) is 18.5 Å². The number of anilines is 1. The predicted octanol–water partition coefficient (Wildman–Crippen LogP) is 2.48. The Kier molecular flexibility index (Phi) is 6.59. The Morgan fingerprint density at radius 2 is 2.00 bits per heavy atom. The van der Waals surface area contributed by atoms with Crippen molar-refractivity contribution in [1.29, 1.82) is 0 Å². The molecule has 1 aromatic heterocycles. The predicted molar refractivity (Wildman–Crippen MR) is 100 cm³/mol. The fraction of sp³-hybridized carbons (Fsp3) is 0.400. The highest BCUT2D eigenvalue weighted by Crippen LogP contribution is 2.20. The van der Waals surface area contributed by atoms with Crippen molar-refractivity contribution in [2.24, 2.45) is 0 Å². The molecule has 6 nitrogen and oxygen atoms in total. The van der Waals surface area contributed by atoms with E-state index in [9.17, 15) is 9.18 Å². The highest BCUT2D eigenvalue weighted by molar-refractivity contribution is 5.77. The summed E-state index contributed by atoms with van der Waals surface area (Å²) in [6, 6.07) is 10.4. The number of carbonyl (C=O) groups is 1. The molecule has 1 amide bonds. The van der Waals surface area contributed by atoms with Crippen LogP contribution in [-0.4, -0.2) is 55.7 Å². The Morgan fingerprint density at radius 3 is 2.74 bits per heavy atom. The Hall–Kier alpha value is -2.67. The van der Waals surface area contributed by atoms with Gasteiger partial charge in [0.25, 0.3) is 0 Å². The second kappa shape index (κ2) is 9.32. The van der Waals surface area contributed by atoms with Crippen molar-refractivity contribution < 1.29 is 18.7 Å². The largest absolute Gasteiger partial charge is 0.481 e. The van der Waals surface area contributed by atoms with Crippen LogP contribution in [0.2, 0.25) is 0 Å². The van der Waals surface area contributed by atoms with Gasteiger partial charge in [-0.25, -0.2) is 9.37 Å². The summed E-state index contributed by atoms with van der Waals surface area (Å²) in [6.45, 7) is 2.87. The summed E-state index contributed by atoms with van der Waals surface area (Å²) in [5.41, 5.74) is 1.47. The third kappa shape index (κ3) is 5.17. The van der Waals surface area contributed by atoms with Gasteiger partial charge in [-0.15, -0.1) is 0 Å². The maximum absolute atomic E-state index is 14.0. The highest BCUT2D eigenvalue weighted by Gasteiger charge is 2.20. The van der Waals surface area contributed by atoms with Gasteiger partial charge in [0.1, 0.15) is 12.4 Å². The molecule has 0 N–H and O–H groups in total. The van der Waals surface area contributed by atoms with Gasteiger partial charge in [0, 0.05) is 38.4 Å². The summed E-state index contributed by atoms with van der Waals surface area (Å²) >= 11 is 0. The second-order valence-corrected chi connectivity index (χ2v) is 6.37. The van der Waals surface area contributed by atoms with Crippen molar-refractivity contribution in [3.05, 3.63) is 54.0 Å². The molecular weight excluding hydrogens is 349 g/mol. The van der Waals surface area contributed by atoms with E-state index in [2.05, 4.69) is 4.98 Å². The molecule has 1 aromatic carbocycles. The molecule has 0 spiro atoms. The Morgan fingerprint density at radius 1 is 1.15 bits per heavy atom. The maximum Gasteiger partial charge on any atom is 0.248 e. The van der Waals surface area contributed by atoms with Gasteiger partial charge < -0.3 is 19.3 Å². The number of carbonyl (C=O) groups excluding carboxylic acids is 1. The van der Waals surface area contributed by atoms with E-state index < -0.39 is 0 Å². The number of amides is 1. The number of methoxy groups -OCH3 is 1. The zero-order chi connectivity index (χ0) is 19.1. The molecule has 0 atom stereocenters. The zero-order valence-corrected chi connectivity index (χ0v) is 15.4. The summed E-state index contributed by atoms with van der Waals surface area (Å²) in [6.07, 6.45) is 2.46. The van der Waals surface area contributed by atoms with Crippen LogP contribution in [0, 0.1) is 5.82 Å². The minimum atomic E-state index is -0.228. The van der Waals surface area contributed by atoms with Gasteiger partial charge in [0.05, 0.1) is 19.4 Å². The lowest BCUT2D eigenvalue weighted by molar-refractivity contribution is -0.136. The number of aromatic nitrogens is 1. The Balaban J connectivity index is 1.47. The number of benzene rings is 1. The Labute approximate surface area is 158 Å². The number of rotatable bonds is 6. The van der Waals surface area contributed by atoms with Crippen LogP contribution < -0.4 is 9.64 Å². The molecule has 1 saturated heterocycles. The van der Waals surface area contributed by atoms with Gasteiger partial charge >= 0.3 is 0 Å². The van der Waals surface area contributed by atoms with Crippen molar-refractivity contribution in [2.75, 3.05) is 44.8 Å². The molecule has 0 aliphatic carbocycles. The second-order valence-electron chi connectivity index (χ2n) is 6.37. The summed E-state index contributed by atoms with van der Waals surface area (Å²) in [4.78, 5) is 20.3. The van der Waals surface area contributed by atoms with Crippen LogP contribution in [0.3, 0.4) is 0 Å². The van der Waals surface area contributed by atoms with Gasteiger partial charge in [-0.3, -0.25) is 4.79 Å². The molecule has 2 aromatic rings. The van der Waals surface area contributed by atoms with Gasteiger partial charge in [-0.05, 0) is 30.2 Å². The van der Waals surface area contributed by atoms with Crippen molar-refractivity contribution in [3.8, 4) is 5.88 Å². The third-order valence-electron chi connectivity index (χ3n) is 4.54. The lowest BCUT2D eigenvalue weighted by atomic mass is 10.2. The number of ether oxygens (including phenoxy) is 2. The topological polar surface area (TPSA) is 54.9 Å². The van der Waals surface area contributed by atoms with Crippen LogP contribution in [0.25, 0.3) is 0 Å². The van der Waals surface area contributed by atoms with Gasteiger partial charge in [-0.2, -0.15) is 0 Å². The van der Waals surface area contributed by atoms with Crippen LogP contribution in [0.5, 0.6) is 5.88 Å². The van der Waals surface area contributed by atoms with Crippen LogP contribution in [0.4, 0.5) is 10.1 Å². The molecule has 1 fully saturated rings. The van der Waals surface area contributed by atoms with Gasteiger partial charge in [0.15, 0.2) is 0 Å². The number of hydrogen-bond donors (Lipinski definition) is 0. The molecule has 2 heterocycles. The molecule has 0 bridgehead atoms. The SMILES string of the molecule is COc1ccc(COCC(=O)N2CCCN(c3ccccc3F)CC2)cn1. The number of nitrogens with zero attached hydrogens (tertiary/aromatic N) is 3. The molecule has 0 unspecified atom stereocenters. The van der Waals surface area contributed by atoms with Gasteiger partial charge in [-0.1, -0.05) is 12.1 Å². The minimum absolute atomic E-state index is 0.0196. The molecule has 0 radical (unpaired) electrons. The molecular formula is C20H24FN3O3. The van der Waals surface area contributed by atoms with E-state index in [1.54, 1.807) is 36.4 Å². The van der Waals surface area contributed by atoms with Crippen LogP contribution in [-0.2, 0) is 16.1 Å². The number of hydrogen-bond acceptors (Lipinski definition) is 5. The van der Waals surface area contributed by atoms with E-state index in [4.69, 9.17) is 9.47 Å². The smallest absolute Gasteiger partial charge is 0.248 e. The standard InChI is InChI=1S/C20H24FN3O3/c1-26-19-8-7-16(13-22-19)14-27-15-20(25)24-10-4-9-23(11-12-24)18-6-3-2-5-17(18)21/h2-3,5-8,13H,4,9-12,14-15H2,1H3. The number of halogens is 1. The van der Waals surface area contributed by atoms with Crippen molar-refractivity contribution in [1.82, 2.24) is 9.88 Å². The van der Waals surface area contributed by atoms with Crippen molar-refractivity contribution in [3.63, 3.8) is 0 Å². The summed E-state index contributed by atoms with van der Waals surface area (Å²) < 4.78 is 24.5. The first-order valence-corrected chi connectivity index (χ1v) is 9.01. The number of para-hydroxylation sites is 1. The zero-order valence-electron chi connectivity index (χ0n) is 15.4. The average molecular weight is 373 g/mol. The van der Waals surface area contributed by atoms with E-state index in [1.807, 2.05) is 17.0 Å². The van der Waals surface area contributed by atoms with Crippen LogP contribution in [0.15, 0.2) is 42.6 Å². The fourth-order valence-electron chi connectivity index (χ4n) is 3.08. The van der Waals surface area contributed by atoms with E-state index in [1.165, 1.54) is 6.07 Å². The molecule has 1 aliphatic heterocycles. The summed E-state index contributed by atoms with van der Waals surface area (Å²) in [7, 11) is 1.56. The van der Waals surface area contributed by atoms with Crippen molar-refractivity contribution in [2.45, 2.75) is 13.0 Å². The average Bonchev–Trinajstić information content (AvgIpc) is 2.95. The molecule has 1 aliphatic rings. The first-order valence-electron chi connectivity index (χ1n) is 9.01. The summed E-state index contributed by atoms with van der Waals surface area (Å²) in [5.74, 6) is 0.263. The molecule has 0 saturated carbocycles. The third-order valence-corrected chi connectivity index (χ3v) is 4.54. The maximum atomic E-state index is 14.0. The first-order chi connectivity index (χ1) is 13.2. The molecule has 3 rings (SSSR count). The van der Waals surface area contributed by atoms with E-state index >= 15 is 0 Å². The lowest BCUT2D eigenvalue weighted by Crippen LogP contribution is -2.37. The molecule has 27 heavy (non-hydrogen) atoms. The van der Waals surface area contributed by atoms with Gasteiger partial charge in [0.2, 0.25) is 11.8 Å². The van der Waals surface area contributed by atoms with Crippen LogP contribution >= 0.6 is 0 Å². The minimum Gasteiger partial charge on any atom is -0.481 e. The number of pyridine rings is 1. The lowest BCUT2D eigenvalue weighted by Gasteiger charge is -2.24. The van der Waals surface area contributed by atoms with Crippen molar-refractivity contribution >= 4 is 11.6 Å². The normalized spacial score (nSPS) is 14.7. The van der Waals surface area contributed by atoms with Crippen LogP contribution in [0.1, 0.15) is 12.0 Å². The molecule has 7 heteroatoms. The Bertz CT molecular complexity index is 754. The molecule has 144 valence electrons. The highest BCUT2D eigenvalue weighted by atomic mass is 19.1. The van der Waals surface area contributed by atoms with E-state index in [0.29, 0.717) is 37.8 Å².